The lowest BCUT2D eigenvalue weighted by Gasteiger charge is -2.44. The molecule has 3 amide bonds. The highest BCUT2D eigenvalue weighted by molar-refractivity contribution is 7.52. The molecule has 4 saturated heterocycles. The van der Waals surface area contributed by atoms with E-state index in [1.807, 2.05) is 30.3 Å². The van der Waals surface area contributed by atoms with Gasteiger partial charge < -0.3 is 29.8 Å². The van der Waals surface area contributed by atoms with E-state index in [9.17, 15) is 42.8 Å². The molecule has 11 nitrogen and oxygen atoms in total. The molecule has 4 aliphatic rings. The molecule has 6 atom stereocenters. The van der Waals surface area contributed by atoms with Crippen molar-refractivity contribution in [1.29, 1.82) is 5.26 Å². The smallest absolute Gasteiger partial charge is 0.340 e. The number of halogens is 2. The van der Waals surface area contributed by atoms with Crippen LogP contribution in [0.1, 0.15) is 65.2 Å². The molecular formula is C35H38F2N5O6PS. The molecule has 0 aliphatic carbocycles. The number of amides is 3. The number of hydrogen-bond acceptors (Lipinski definition) is 7. The molecule has 2 aromatic carbocycles. The predicted octanol–water partition coefficient (Wildman–Crippen LogP) is 4.61. The number of hydrogen-bond donors (Lipinski definition) is 3. The van der Waals surface area contributed by atoms with Crippen LogP contribution < -0.4 is 5.32 Å². The van der Waals surface area contributed by atoms with Crippen LogP contribution in [0.25, 0.3) is 10.1 Å². The zero-order valence-corrected chi connectivity index (χ0v) is 28.9. The zero-order chi connectivity index (χ0) is 35.4. The monoisotopic (exact) mass is 725 g/mol. The van der Waals surface area contributed by atoms with Crippen LogP contribution >= 0.6 is 18.9 Å². The second kappa shape index (κ2) is 13.4. The summed E-state index contributed by atoms with van der Waals surface area (Å²) >= 11 is 1.02. The summed E-state index contributed by atoms with van der Waals surface area (Å²) in [5.41, 5.74) is -4.26. The van der Waals surface area contributed by atoms with Crippen molar-refractivity contribution in [2.75, 3.05) is 26.2 Å². The molecule has 7 rings (SSSR count). The normalized spacial score (nSPS) is 27.7. The molecular weight excluding hydrogens is 687 g/mol. The summed E-state index contributed by atoms with van der Waals surface area (Å²) < 4.78 is 40.7. The van der Waals surface area contributed by atoms with Crippen LogP contribution in [0.3, 0.4) is 0 Å². The van der Waals surface area contributed by atoms with E-state index in [1.165, 1.54) is 12.1 Å². The minimum absolute atomic E-state index is 0.131. The van der Waals surface area contributed by atoms with Gasteiger partial charge in [0.2, 0.25) is 11.8 Å². The Kier molecular flexibility index (Phi) is 9.32. The maximum Gasteiger partial charge on any atom is 0.399 e. The fourth-order valence-corrected chi connectivity index (χ4v) is 9.48. The number of likely N-dealkylation sites (tertiary alicyclic amines) is 2. The van der Waals surface area contributed by atoms with E-state index in [0.717, 1.165) is 55.0 Å². The minimum atomic E-state index is -5.78. The van der Waals surface area contributed by atoms with E-state index in [-0.39, 0.29) is 52.5 Å². The highest BCUT2D eigenvalue weighted by Gasteiger charge is 2.51. The Hall–Kier alpha value is -3.73. The molecule has 0 spiro atoms. The van der Waals surface area contributed by atoms with Gasteiger partial charge in [0.05, 0.1) is 16.9 Å². The van der Waals surface area contributed by atoms with Crippen molar-refractivity contribution in [3.05, 3.63) is 70.6 Å². The molecule has 1 aromatic heterocycles. The van der Waals surface area contributed by atoms with Crippen molar-refractivity contribution in [2.24, 2.45) is 5.92 Å². The van der Waals surface area contributed by atoms with Gasteiger partial charge >= 0.3 is 13.3 Å². The van der Waals surface area contributed by atoms with Crippen LogP contribution in [-0.2, 0) is 19.8 Å². The average molecular weight is 726 g/mol. The molecule has 3 N–H and O–H groups in total. The number of thiophene rings is 1. The Balaban J connectivity index is 1.13. The molecule has 0 radical (unpaired) electrons. The summed E-state index contributed by atoms with van der Waals surface area (Å²) in [4.78, 5) is 66.5. The quantitative estimate of drug-likeness (QED) is 0.299. The molecule has 4 fully saturated rings. The Morgan fingerprint density at radius 2 is 1.74 bits per heavy atom. The van der Waals surface area contributed by atoms with Crippen LogP contribution in [-0.4, -0.2) is 92.6 Å². The zero-order valence-electron chi connectivity index (χ0n) is 27.2. The van der Waals surface area contributed by atoms with Gasteiger partial charge in [-0.1, -0.05) is 36.4 Å². The number of carbonyl (C=O) groups is 3. The summed E-state index contributed by atoms with van der Waals surface area (Å²) in [5.74, 6) is -1.59. The molecule has 0 saturated carbocycles. The first-order valence-electron chi connectivity index (χ1n) is 16.9. The van der Waals surface area contributed by atoms with Crippen molar-refractivity contribution in [2.45, 2.75) is 74.3 Å². The molecule has 50 heavy (non-hydrogen) atoms. The maximum absolute atomic E-state index is 14.4. The Morgan fingerprint density at radius 1 is 1.00 bits per heavy atom. The molecule has 4 aliphatic heterocycles. The van der Waals surface area contributed by atoms with Gasteiger partial charge in [-0.15, -0.1) is 11.3 Å². The first-order chi connectivity index (χ1) is 23.9. The summed E-state index contributed by atoms with van der Waals surface area (Å²) in [6.07, 6.45) is 4.02. The fourth-order valence-electron chi connectivity index (χ4n) is 8.06. The second-order valence-corrected chi connectivity index (χ2v) is 16.6. The van der Waals surface area contributed by atoms with Gasteiger partial charge in [-0.05, 0) is 80.8 Å². The Labute approximate surface area is 292 Å². The average Bonchev–Trinajstić information content (AvgIpc) is 3.80. The van der Waals surface area contributed by atoms with Crippen molar-refractivity contribution in [3.63, 3.8) is 0 Å². The topological polar surface area (TPSA) is 154 Å². The van der Waals surface area contributed by atoms with E-state index in [0.29, 0.717) is 36.9 Å². The third-order valence-electron chi connectivity index (χ3n) is 10.9. The fraction of sp³-hybridized carbons (Fsp3) is 0.486. The molecule has 3 aromatic rings. The van der Waals surface area contributed by atoms with Crippen LogP contribution in [0, 0.1) is 17.2 Å². The lowest BCUT2D eigenvalue weighted by Crippen LogP contribution is -2.59. The molecule has 264 valence electrons. The Morgan fingerprint density at radius 3 is 2.42 bits per heavy atom. The van der Waals surface area contributed by atoms with Gasteiger partial charge in [0.1, 0.15) is 12.1 Å². The first kappa shape index (κ1) is 34.7. The van der Waals surface area contributed by atoms with E-state index >= 15 is 0 Å². The number of benzene rings is 2. The highest BCUT2D eigenvalue weighted by atomic mass is 32.1. The van der Waals surface area contributed by atoms with Crippen molar-refractivity contribution < 1.29 is 37.5 Å². The number of nitrogens with zero attached hydrogens (tertiary/aromatic N) is 4. The van der Waals surface area contributed by atoms with Crippen LogP contribution in [0.2, 0.25) is 0 Å². The number of nitrogens with one attached hydrogen (secondary N) is 1. The van der Waals surface area contributed by atoms with E-state index in [2.05, 4.69) is 16.3 Å². The second-order valence-electron chi connectivity index (χ2n) is 13.8. The largest absolute Gasteiger partial charge is 0.399 e. The molecule has 0 unspecified atom stereocenters. The van der Waals surface area contributed by atoms with Gasteiger partial charge in [-0.2, -0.15) is 14.0 Å². The summed E-state index contributed by atoms with van der Waals surface area (Å²) in [6.45, 7) is 2.58. The predicted molar refractivity (Wildman–Crippen MR) is 181 cm³/mol. The van der Waals surface area contributed by atoms with Crippen molar-refractivity contribution >= 4 is 46.7 Å². The van der Waals surface area contributed by atoms with Crippen LogP contribution in [0.15, 0.2) is 54.6 Å². The molecule has 0 bridgehead atoms. The van der Waals surface area contributed by atoms with Gasteiger partial charge in [-0.3, -0.25) is 18.9 Å². The third-order valence-corrected chi connectivity index (χ3v) is 13.0. The minimum Gasteiger partial charge on any atom is -0.340 e. The van der Waals surface area contributed by atoms with Gasteiger partial charge in [0.15, 0.2) is 0 Å². The number of nitriles is 1. The molecule has 5 heterocycles. The van der Waals surface area contributed by atoms with Gasteiger partial charge in [-0.25, -0.2) is 0 Å². The van der Waals surface area contributed by atoms with E-state index < -0.39 is 36.8 Å². The summed E-state index contributed by atoms with van der Waals surface area (Å²) in [5, 5.41) is 13.1. The summed E-state index contributed by atoms with van der Waals surface area (Å²) in [6, 6.07) is 15.0. The standard InChI is InChI=1S/C35H38F2N5O6PS/c36-35(37,49(46,47)48)24-7-12-30-22(15-24)16-31(50-30)32(43)39-28-10-8-25(40-13-4-14-40)17-26-9-11-29(42(26)33(28)44)34(45)41-19-23(18-38)27(20-41)21-5-2-1-3-6-21/h1-3,5-7,12,15-16,23,25-29H,4,8-11,13-14,17,19-20H2,(H,39,43)(H2,46,47,48)/t23-,25-,26+,27+,28-,29-/m0/s1. The number of rotatable bonds is 7. The first-order valence-corrected chi connectivity index (χ1v) is 19.4. The lowest BCUT2D eigenvalue weighted by atomic mass is 9.90. The van der Waals surface area contributed by atoms with Gasteiger partial charge in [0.25, 0.3) is 5.91 Å². The maximum atomic E-state index is 14.4. The number of fused-ring (bicyclic) bond motifs is 2. The van der Waals surface area contributed by atoms with Gasteiger partial charge in [0, 0.05) is 41.4 Å². The van der Waals surface area contributed by atoms with Crippen molar-refractivity contribution in [3.8, 4) is 6.07 Å². The van der Waals surface area contributed by atoms with E-state index in [4.69, 9.17) is 0 Å². The third kappa shape index (κ3) is 6.35. The molecule has 15 heteroatoms. The highest BCUT2D eigenvalue weighted by Crippen LogP contribution is 2.59. The Bertz CT molecular complexity index is 1890. The summed E-state index contributed by atoms with van der Waals surface area (Å²) in [7, 11) is -5.78. The SMILES string of the molecule is N#C[C@H]1CN(C(=O)[C@@H]2CC[C@@H]3C[C@@H](N4CCC4)CC[C@H](NC(=O)c4cc5cc(C(F)(F)P(=O)(O)O)ccc5s4)C(=O)N32)C[C@@H]1c1ccccc1. The van der Waals surface area contributed by atoms with Crippen molar-refractivity contribution in [1.82, 2.24) is 20.0 Å². The van der Waals surface area contributed by atoms with Crippen LogP contribution in [0.5, 0.6) is 0 Å². The lowest BCUT2D eigenvalue weighted by molar-refractivity contribution is -0.147. The number of alkyl halides is 2. The van der Waals surface area contributed by atoms with Crippen LogP contribution in [0.4, 0.5) is 8.78 Å². The number of carbonyl (C=O) groups excluding carboxylic acids is 3. The van der Waals surface area contributed by atoms with E-state index in [1.54, 1.807) is 9.80 Å².